The summed E-state index contributed by atoms with van der Waals surface area (Å²) in [6.07, 6.45) is 0. The van der Waals surface area contributed by atoms with Crippen molar-refractivity contribution in [2.24, 2.45) is 0 Å². The molecule has 2 aromatic carbocycles. The molecule has 106 valence electrons. The first-order valence-electron chi connectivity index (χ1n) is 6.46. The molecule has 20 heavy (non-hydrogen) atoms. The van der Waals surface area contributed by atoms with Gasteiger partial charge in [-0.15, -0.1) is 0 Å². The van der Waals surface area contributed by atoms with Gasteiger partial charge < -0.3 is 5.32 Å². The number of rotatable bonds is 4. The highest BCUT2D eigenvalue weighted by atomic mass is 35.5. The molecule has 2 aromatic rings. The van der Waals surface area contributed by atoms with E-state index in [-0.39, 0.29) is 6.04 Å². The van der Waals surface area contributed by atoms with Crippen LogP contribution >= 0.6 is 34.8 Å². The average Bonchev–Trinajstić information content (AvgIpc) is 2.38. The minimum atomic E-state index is 0.0483. The summed E-state index contributed by atoms with van der Waals surface area (Å²) in [5.41, 5.74) is 3.33. The van der Waals surface area contributed by atoms with Gasteiger partial charge in [-0.2, -0.15) is 0 Å². The third-order valence-corrected chi connectivity index (χ3v) is 4.04. The molecule has 1 N–H and O–H groups in total. The molecule has 0 fully saturated rings. The van der Waals surface area contributed by atoms with E-state index in [2.05, 4.69) is 18.3 Å². The molecule has 0 aromatic heterocycles. The van der Waals surface area contributed by atoms with Gasteiger partial charge in [0, 0.05) is 5.02 Å². The third-order valence-electron chi connectivity index (χ3n) is 3.08. The summed E-state index contributed by atoms with van der Waals surface area (Å²) < 4.78 is 0. The molecule has 1 atom stereocenters. The smallest absolute Gasteiger partial charge is 0.0595 e. The van der Waals surface area contributed by atoms with Crippen molar-refractivity contribution < 1.29 is 0 Å². The SMILES string of the molecule is CCNC(c1cc(C)cc(Cl)c1)c1ccc(Cl)c(Cl)c1. The predicted octanol–water partition coefficient (Wildman–Crippen LogP) is 5.65. The van der Waals surface area contributed by atoms with Gasteiger partial charge in [0.2, 0.25) is 0 Å². The lowest BCUT2D eigenvalue weighted by molar-refractivity contribution is 0.630. The number of aryl methyl sites for hydroxylation is 1. The average molecular weight is 329 g/mol. The molecule has 0 aliphatic heterocycles. The van der Waals surface area contributed by atoms with Gasteiger partial charge in [0.05, 0.1) is 16.1 Å². The van der Waals surface area contributed by atoms with E-state index >= 15 is 0 Å². The molecule has 0 saturated heterocycles. The molecule has 1 unspecified atom stereocenters. The van der Waals surface area contributed by atoms with Crippen LogP contribution in [0, 0.1) is 6.92 Å². The molecular formula is C16H16Cl3N. The standard InChI is InChI=1S/C16H16Cl3N/c1-3-20-16(11-4-5-14(18)15(19)9-11)12-6-10(2)7-13(17)8-12/h4-9,16,20H,3H2,1-2H3. The van der Waals surface area contributed by atoms with Gasteiger partial charge in [0.1, 0.15) is 0 Å². The lowest BCUT2D eigenvalue weighted by Crippen LogP contribution is -2.22. The topological polar surface area (TPSA) is 12.0 Å². The summed E-state index contributed by atoms with van der Waals surface area (Å²) >= 11 is 18.3. The van der Waals surface area contributed by atoms with Crippen LogP contribution in [0.5, 0.6) is 0 Å². The van der Waals surface area contributed by atoms with E-state index in [1.165, 1.54) is 0 Å². The van der Waals surface area contributed by atoms with Crippen molar-refractivity contribution in [1.82, 2.24) is 5.32 Å². The monoisotopic (exact) mass is 327 g/mol. The maximum absolute atomic E-state index is 6.16. The Morgan fingerprint density at radius 3 is 2.30 bits per heavy atom. The van der Waals surface area contributed by atoms with Crippen molar-refractivity contribution in [3.05, 3.63) is 68.2 Å². The number of hydrogen-bond donors (Lipinski definition) is 1. The summed E-state index contributed by atoms with van der Waals surface area (Å²) in [5.74, 6) is 0. The quantitative estimate of drug-likeness (QED) is 0.764. The second-order valence-corrected chi connectivity index (χ2v) is 5.98. The van der Waals surface area contributed by atoms with Gasteiger partial charge in [0.15, 0.2) is 0 Å². The molecule has 0 heterocycles. The van der Waals surface area contributed by atoms with E-state index in [4.69, 9.17) is 34.8 Å². The summed E-state index contributed by atoms with van der Waals surface area (Å²) in [5, 5.41) is 5.32. The van der Waals surface area contributed by atoms with Crippen LogP contribution in [0.2, 0.25) is 15.1 Å². The molecule has 0 aliphatic rings. The molecule has 0 aliphatic carbocycles. The Morgan fingerprint density at radius 1 is 0.950 bits per heavy atom. The first kappa shape index (κ1) is 15.7. The predicted molar refractivity (Wildman–Crippen MR) is 88.2 cm³/mol. The second kappa shape index (κ2) is 6.82. The van der Waals surface area contributed by atoms with Crippen molar-refractivity contribution in [3.8, 4) is 0 Å². The lowest BCUT2D eigenvalue weighted by Gasteiger charge is -2.20. The first-order valence-corrected chi connectivity index (χ1v) is 7.60. The first-order chi connectivity index (χ1) is 9.51. The number of nitrogens with one attached hydrogen (secondary N) is 1. The van der Waals surface area contributed by atoms with Crippen molar-refractivity contribution in [3.63, 3.8) is 0 Å². The lowest BCUT2D eigenvalue weighted by atomic mass is 9.97. The highest BCUT2D eigenvalue weighted by Gasteiger charge is 2.15. The maximum atomic E-state index is 6.16. The second-order valence-electron chi connectivity index (χ2n) is 4.73. The van der Waals surface area contributed by atoms with Crippen LogP contribution in [0.4, 0.5) is 0 Å². The van der Waals surface area contributed by atoms with E-state index < -0.39 is 0 Å². The van der Waals surface area contributed by atoms with E-state index in [0.717, 1.165) is 28.3 Å². The number of hydrogen-bond acceptors (Lipinski definition) is 1. The Bertz CT molecular complexity index is 590. The van der Waals surface area contributed by atoms with Crippen molar-refractivity contribution in [1.29, 1.82) is 0 Å². The van der Waals surface area contributed by atoms with Crippen LogP contribution in [-0.4, -0.2) is 6.54 Å². The van der Waals surface area contributed by atoms with Crippen molar-refractivity contribution in [2.75, 3.05) is 6.54 Å². The van der Waals surface area contributed by atoms with Gasteiger partial charge in [-0.1, -0.05) is 53.9 Å². The molecule has 0 spiro atoms. The Hall–Kier alpha value is -0.730. The molecule has 0 amide bonds. The highest BCUT2D eigenvalue weighted by molar-refractivity contribution is 6.42. The number of halogens is 3. The Balaban J connectivity index is 2.46. The third kappa shape index (κ3) is 3.67. The van der Waals surface area contributed by atoms with Crippen LogP contribution in [0.15, 0.2) is 36.4 Å². The molecule has 0 bridgehead atoms. The van der Waals surface area contributed by atoms with E-state index in [9.17, 15) is 0 Å². The van der Waals surface area contributed by atoms with Gasteiger partial charge in [-0.05, 0) is 54.4 Å². The van der Waals surface area contributed by atoms with Gasteiger partial charge in [0.25, 0.3) is 0 Å². The van der Waals surface area contributed by atoms with Crippen molar-refractivity contribution in [2.45, 2.75) is 19.9 Å². The summed E-state index contributed by atoms with van der Waals surface area (Å²) in [4.78, 5) is 0. The normalized spacial score (nSPS) is 12.4. The molecule has 1 nitrogen and oxygen atoms in total. The Morgan fingerprint density at radius 2 is 1.70 bits per heavy atom. The zero-order chi connectivity index (χ0) is 14.7. The largest absolute Gasteiger partial charge is 0.307 e. The van der Waals surface area contributed by atoms with E-state index in [1.54, 1.807) is 0 Å². The minimum Gasteiger partial charge on any atom is -0.307 e. The fourth-order valence-electron chi connectivity index (χ4n) is 2.26. The van der Waals surface area contributed by atoms with Crippen LogP contribution in [-0.2, 0) is 0 Å². The fraction of sp³-hybridized carbons (Fsp3) is 0.250. The molecular weight excluding hydrogens is 313 g/mol. The van der Waals surface area contributed by atoms with E-state index in [0.29, 0.717) is 10.0 Å². The maximum Gasteiger partial charge on any atom is 0.0595 e. The molecule has 0 saturated carbocycles. The highest BCUT2D eigenvalue weighted by Crippen LogP contribution is 2.30. The van der Waals surface area contributed by atoms with Crippen LogP contribution < -0.4 is 5.32 Å². The Kier molecular flexibility index (Phi) is 5.34. The van der Waals surface area contributed by atoms with Crippen LogP contribution in [0.1, 0.15) is 29.7 Å². The van der Waals surface area contributed by atoms with Crippen LogP contribution in [0.25, 0.3) is 0 Å². The van der Waals surface area contributed by atoms with Crippen LogP contribution in [0.3, 0.4) is 0 Å². The Labute approximate surface area is 134 Å². The minimum absolute atomic E-state index is 0.0483. The van der Waals surface area contributed by atoms with Gasteiger partial charge in [-0.25, -0.2) is 0 Å². The van der Waals surface area contributed by atoms with E-state index in [1.807, 2.05) is 37.3 Å². The zero-order valence-corrected chi connectivity index (χ0v) is 13.7. The number of benzene rings is 2. The summed E-state index contributed by atoms with van der Waals surface area (Å²) in [7, 11) is 0. The van der Waals surface area contributed by atoms with Gasteiger partial charge in [-0.3, -0.25) is 0 Å². The molecule has 0 radical (unpaired) electrons. The summed E-state index contributed by atoms with van der Waals surface area (Å²) in [6, 6.07) is 11.8. The summed E-state index contributed by atoms with van der Waals surface area (Å²) in [6.45, 7) is 4.95. The fourth-order valence-corrected chi connectivity index (χ4v) is 2.86. The van der Waals surface area contributed by atoms with Gasteiger partial charge >= 0.3 is 0 Å². The van der Waals surface area contributed by atoms with Crippen molar-refractivity contribution >= 4 is 34.8 Å². The zero-order valence-electron chi connectivity index (χ0n) is 11.4. The molecule has 4 heteroatoms. The molecule has 2 rings (SSSR count).